The number of hydrogen-bond acceptors (Lipinski definition) is 4. The van der Waals surface area contributed by atoms with Crippen LogP contribution >= 0.6 is 11.6 Å². The third kappa shape index (κ3) is 4.98. The second-order valence-electron chi connectivity index (χ2n) is 7.32. The van der Waals surface area contributed by atoms with Crippen molar-refractivity contribution < 1.29 is 19.1 Å². The van der Waals surface area contributed by atoms with E-state index in [-0.39, 0.29) is 36.4 Å². The molecule has 1 aromatic heterocycles. The normalized spacial score (nSPS) is 10.8. The highest BCUT2D eigenvalue weighted by Crippen LogP contribution is 2.33. The largest absolute Gasteiger partial charge is 0.396 e. The molecule has 0 unspecified atom stereocenters. The van der Waals surface area contributed by atoms with Crippen molar-refractivity contribution in [2.24, 2.45) is 0 Å². The number of carbonyl (C=O) groups is 2. The lowest BCUT2D eigenvalue weighted by atomic mass is 10.2. The number of amides is 2. The van der Waals surface area contributed by atoms with E-state index in [2.05, 4.69) is 4.98 Å². The molecule has 3 aromatic rings. The molecule has 0 aliphatic heterocycles. The zero-order valence-corrected chi connectivity index (χ0v) is 18.6. The highest BCUT2D eigenvalue weighted by molar-refractivity contribution is 6.33. The van der Waals surface area contributed by atoms with E-state index in [0.29, 0.717) is 35.8 Å². The summed E-state index contributed by atoms with van der Waals surface area (Å²) in [6.45, 7) is 0.469. The molecule has 0 saturated carbocycles. The molecular weight excluding hydrogens is 435 g/mol. The number of hydrogen-bond donors (Lipinski definition) is 1. The zero-order valence-electron chi connectivity index (χ0n) is 17.8. The Bertz CT molecular complexity index is 1100. The van der Waals surface area contributed by atoms with E-state index in [1.165, 1.54) is 29.0 Å². The molecule has 0 saturated heterocycles. The standard InChI is InChI=1S/C23H24ClFN4O3/c1-27(12-5-13-30)23(32)20-22(28(2)15-31)26-21(18-6-3-4-7-19(18)24)29(20)14-16-8-10-17(25)11-9-16/h3-4,6-11,15,30H,5,12-14H2,1-2H3. The van der Waals surface area contributed by atoms with Gasteiger partial charge in [0.15, 0.2) is 11.5 Å². The average molecular weight is 459 g/mol. The van der Waals surface area contributed by atoms with Gasteiger partial charge in [-0.25, -0.2) is 9.37 Å². The summed E-state index contributed by atoms with van der Waals surface area (Å²) in [5.74, 6) is -0.150. The maximum Gasteiger partial charge on any atom is 0.274 e. The van der Waals surface area contributed by atoms with Crippen molar-refractivity contribution in [2.45, 2.75) is 13.0 Å². The Kier molecular flexibility index (Phi) is 7.61. The number of halogens is 2. The van der Waals surface area contributed by atoms with Gasteiger partial charge in [0.25, 0.3) is 5.91 Å². The molecule has 0 bridgehead atoms. The molecule has 0 spiro atoms. The lowest BCUT2D eigenvalue weighted by Gasteiger charge is -2.20. The number of aliphatic hydroxyl groups excluding tert-OH is 1. The summed E-state index contributed by atoms with van der Waals surface area (Å²) >= 11 is 6.43. The summed E-state index contributed by atoms with van der Waals surface area (Å²) in [7, 11) is 3.13. The van der Waals surface area contributed by atoms with Crippen molar-refractivity contribution in [1.29, 1.82) is 0 Å². The van der Waals surface area contributed by atoms with Crippen molar-refractivity contribution in [1.82, 2.24) is 14.5 Å². The van der Waals surface area contributed by atoms with Gasteiger partial charge in [0.1, 0.15) is 11.6 Å². The monoisotopic (exact) mass is 458 g/mol. The number of imidazole rings is 1. The Labute approximate surface area is 190 Å². The molecule has 1 heterocycles. The lowest BCUT2D eigenvalue weighted by molar-refractivity contribution is -0.107. The molecule has 0 aliphatic rings. The first-order valence-corrected chi connectivity index (χ1v) is 10.4. The van der Waals surface area contributed by atoms with E-state index in [0.717, 1.165) is 5.56 Å². The summed E-state index contributed by atoms with van der Waals surface area (Å²) in [4.78, 5) is 32.3. The predicted octanol–water partition coefficient (Wildman–Crippen LogP) is 3.44. The maximum atomic E-state index is 13.4. The van der Waals surface area contributed by atoms with Gasteiger partial charge in [0, 0.05) is 39.4 Å². The summed E-state index contributed by atoms with van der Waals surface area (Å²) in [6.07, 6.45) is 0.982. The van der Waals surface area contributed by atoms with Crippen molar-refractivity contribution in [2.75, 3.05) is 32.1 Å². The molecule has 0 fully saturated rings. The van der Waals surface area contributed by atoms with Crippen LogP contribution in [0, 0.1) is 5.82 Å². The molecule has 32 heavy (non-hydrogen) atoms. The molecule has 0 atom stereocenters. The van der Waals surface area contributed by atoms with Gasteiger partial charge in [-0.1, -0.05) is 35.9 Å². The second kappa shape index (κ2) is 10.4. The van der Waals surface area contributed by atoms with Gasteiger partial charge in [-0.05, 0) is 36.2 Å². The van der Waals surface area contributed by atoms with Gasteiger partial charge in [0.2, 0.25) is 6.41 Å². The van der Waals surface area contributed by atoms with E-state index < -0.39 is 0 Å². The van der Waals surface area contributed by atoms with Gasteiger partial charge in [-0.3, -0.25) is 9.59 Å². The van der Waals surface area contributed by atoms with Crippen LogP contribution in [0.1, 0.15) is 22.5 Å². The van der Waals surface area contributed by atoms with Crippen molar-refractivity contribution in [3.8, 4) is 11.4 Å². The number of aromatic nitrogens is 2. The number of anilines is 1. The first kappa shape index (κ1) is 23.4. The van der Waals surface area contributed by atoms with Crippen LogP contribution in [0.2, 0.25) is 5.02 Å². The Morgan fingerprint density at radius 1 is 1.19 bits per heavy atom. The van der Waals surface area contributed by atoms with Crippen LogP contribution in [-0.2, 0) is 11.3 Å². The van der Waals surface area contributed by atoms with Crippen LogP contribution in [0.5, 0.6) is 0 Å². The Morgan fingerprint density at radius 3 is 2.50 bits per heavy atom. The summed E-state index contributed by atoms with van der Waals surface area (Å²) in [5, 5.41) is 9.58. The predicted molar refractivity (Wildman–Crippen MR) is 121 cm³/mol. The maximum absolute atomic E-state index is 13.4. The number of carbonyl (C=O) groups excluding carboxylic acids is 2. The molecule has 3 rings (SSSR count). The number of nitrogens with zero attached hydrogens (tertiary/aromatic N) is 4. The minimum Gasteiger partial charge on any atom is -0.396 e. The van der Waals surface area contributed by atoms with E-state index >= 15 is 0 Å². The number of rotatable bonds is 9. The minimum absolute atomic E-state index is 0.0571. The topological polar surface area (TPSA) is 78.7 Å². The van der Waals surface area contributed by atoms with Crippen LogP contribution in [0.4, 0.5) is 10.2 Å². The fourth-order valence-corrected chi connectivity index (χ4v) is 3.53. The van der Waals surface area contributed by atoms with Crippen LogP contribution in [-0.4, -0.2) is 59.1 Å². The Morgan fingerprint density at radius 2 is 1.88 bits per heavy atom. The number of benzene rings is 2. The molecule has 7 nitrogen and oxygen atoms in total. The fraction of sp³-hybridized carbons (Fsp3) is 0.261. The molecule has 2 amide bonds. The molecule has 1 N–H and O–H groups in total. The summed E-state index contributed by atoms with van der Waals surface area (Å²) < 4.78 is 15.1. The van der Waals surface area contributed by atoms with E-state index in [1.54, 1.807) is 48.0 Å². The number of aliphatic hydroxyl groups is 1. The molecule has 168 valence electrons. The first-order valence-electron chi connectivity index (χ1n) is 10.0. The van der Waals surface area contributed by atoms with Crippen molar-refractivity contribution >= 4 is 29.7 Å². The van der Waals surface area contributed by atoms with Crippen molar-refractivity contribution in [3.05, 3.63) is 70.6 Å². The molecular formula is C23H24ClFN4O3. The fourth-order valence-electron chi connectivity index (χ4n) is 3.31. The van der Waals surface area contributed by atoms with Crippen LogP contribution in [0.25, 0.3) is 11.4 Å². The van der Waals surface area contributed by atoms with E-state index in [9.17, 15) is 14.0 Å². The van der Waals surface area contributed by atoms with E-state index in [1.807, 2.05) is 0 Å². The Hall–Kier alpha value is -3.23. The second-order valence-corrected chi connectivity index (χ2v) is 7.73. The lowest BCUT2D eigenvalue weighted by Crippen LogP contribution is -2.32. The average Bonchev–Trinajstić information content (AvgIpc) is 3.16. The van der Waals surface area contributed by atoms with Gasteiger partial charge in [-0.2, -0.15) is 0 Å². The van der Waals surface area contributed by atoms with Gasteiger partial charge in [0.05, 0.1) is 5.02 Å². The zero-order chi connectivity index (χ0) is 23.3. The van der Waals surface area contributed by atoms with Gasteiger partial charge < -0.3 is 19.5 Å². The molecule has 0 aliphatic carbocycles. The highest BCUT2D eigenvalue weighted by Gasteiger charge is 2.29. The molecule has 9 heteroatoms. The minimum atomic E-state index is -0.368. The van der Waals surface area contributed by atoms with Crippen LogP contribution in [0.3, 0.4) is 0 Å². The molecule has 0 radical (unpaired) electrons. The van der Waals surface area contributed by atoms with Gasteiger partial charge >= 0.3 is 0 Å². The van der Waals surface area contributed by atoms with Crippen LogP contribution in [0.15, 0.2) is 48.5 Å². The smallest absolute Gasteiger partial charge is 0.274 e. The van der Waals surface area contributed by atoms with E-state index in [4.69, 9.17) is 16.7 Å². The SMILES string of the molecule is CN(CCCO)C(=O)c1c(N(C)C=O)nc(-c2ccccc2Cl)n1Cc1ccc(F)cc1. The summed E-state index contributed by atoms with van der Waals surface area (Å²) in [5.41, 5.74) is 1.53. The molecule has 2 aromatic carbocycles. The quantitative estimate of drug-likeness (QED) is 0.498. The van der Waals surface area contributed by atoms with Crippen LogP contribution < -0.4 is 4.90 Å². The highest BCUT2D eigenvalue weighted by atomic mass is 35.5. The Balaban J connectivity index is 2.23. The summed E-state index contributed by atoms with van der Waals surface area (Å²) in [6, 6.07) is 13.0. The van der Waals surface area contributed by atoms with Gasteiger partial charge in [-0.15, -0.1) is 0 Å². The first-order chi connectivity index (χ1) is 15.4. The third-order valence-electron chi connectivity index (χ3n) is 5.01. The van der Waals surface area contributed by atoms with Crippen molar-refractivity contribution in [3.63, 3.8) is 0 Å². The third-order valence-corrected chi connectivity index (χ3v) is 5.34.